The summed E-state index contributed by atoms with van der Waals surface area (Å²) >= 11 is 0. The fourth-order valence-electron chi connectivity index (χ4n) is 3.71. The number of rotatable bonds is 6. The lowest BCUT2D eigenvalue weighted by atomic mass is 10.00. The molecular formula is C19H26N4O3. The average molecular weight is 358 g/mol. The molecule has 140 valence electrons. The van der Waals surface area contributed by atoms with Gasteiger partial charge in [-0.05, 0) is 30.0 Å². The van der Waals surface area contributed by atoms with Crippen LogP contribution in [-0.4, -0.2) is 59.5 Å². The third kappa shape index (κ3) is 4.16. The summed E-state index contributed by atoms with van der Waals surface area (Å²) in [5.74, 6) is 3.75. The summed E-state index contributed by atoms with van der Waals surface area (Å²) in [4.78, 5) is 9.23. The summed E-state index contributed by atoms with van der Waals surface area (Å²) in [5, 5.41) is 3.99. The molecule has 2 aliphatic heterocycles. The minimum atomic E-state index is 0.335. The van der Waals surface area contributed by atoms with Gasteiger partial charge in [0.15, 0.2) is 17.3 Å². The minimum absolute atomic E-state index is 0.335. The zero-order valence-electron chi connectivity index (χ0n) is 15.5. The van der Waals surface area contributed by atoms with Gasteiger partial charge in [-0.15, -0.1) is 0 Å². The Hall–Kier alpha value is -2.12. The maximum absolute atomic E-state index is 5.48. The van der Waals surface area contributed by atoms with Crippen LogP contribution in [0.5, 0.6) is 11.5 Å². The molecule has 0 N–H and O–H groups in total. The smallest absolute Gasteiger partial charge is 0.231 e. The highest BCUT2D eigenvalue weighted by atomic mass is 16.7. The number of aromatic nitrogens is 2. The third-order valence-corrected chi connectivity index (χ3v) is 4.99. The Morgan fingerprint density at radius 2 is 1.85 bits per heavy atom. The summed E-state index contributed by atoms with van der Waals surface area (Å²) < 4.78 is 15.9. The third-order valence-electron chi connectivity index (χ3n) is 4.99. The predicted octanol–water partition coefficient (Wildman–Crippen LogP) is 2.10. The van der Waals surface area contributed by atoms with E-state index in [1.807, 2.05) is 13.0 Å². The van der Waals surface area contributed by atoms with Gasteiger partial charge < -0.3 is 18.9 Å². The molecule has 1 atom stereocenters. The standard InChI is InChI=1S/C19H26N4O3/c1-14(9-16-3-4-17-18(10-16)25-13-24-17)11-22-5-7-23(8-6-22)12-19-20-15(2)26-21-19/h3-4,10,14H,5-9,11-13H2,1-2H3/t14-/m1/s1. The first kappa shape index (κ1) is 17.3. The first-order valence-corrected chi connectivity index (χ1v) is 9.28. The molecule has 1 aromatic carbocycles. The highest BCUT2D eigenvalue weighted by Crippen LogP contribution is 2.33. The number of hydrogen-bond donors (Lipinski definition) is 0. The SMILES string of the molecule is Cc1nc(CN2CCN(C[C@H](C)Cc3ccc4c(c3)OCO4)CC2)no1. The van der Waals surface area contributed by atoms with Crippen LogP contribution in [0.15, 0.2) is 22.7 Å². The first-order chi connectivity index (χ1) is 12.7. The van der Waals surface area contributed by atoms with Gasteiger partial charge in [0, 0.05) is 39.6 Å². The molecule has 0 unspecified atom stereocenters. The van der Waals surface area contributed by atoms with Gasteiger partial charge in [-0.1, -0.05) is 18.1 Å². The van der Waals surface area contributed by atoms with E-state index in [0.717, 1.165) is 63.0 Å². The van der Waals surface area contributed by atoms with Crippen LogP contribution in [0.25, 0.3) is 0 Å². The van der Waals surface area contributed by atoms with Gasteiger partial charge in [0.1, 0.15) is 0 Å². The monoisotopic (exact) mass is 358 g/mol. The molecule has 7 nitrogen and oxygen atoms in total. The quantitative estimate of drug-likeness (QED) is 0.783. The van der Waals surface area contributed by atoms with Crippen molar-refractivity contribution in [2.24, 2.45) is 5.92 Å². The van der Waals surface area contributed by atoms with Crippen LogP contribution in [0.2, 0.25) is 0 Å². The van der Waals surface area contributed by atoms with E-state index < -0.39 is 0 Å². The van der Waals surface area contributed by atoms with Crippen LogP contribution < -0.4 is 9.47 Å². The molecule has 0 bridgehead atoms. The lowest BCUT2D eigenvalue weighted by Crippen LogP contribution is -2.47. The Balaban J connectivity index is 1.22. The number of hydrogen-bond acceptors (Lipinski definition) is 7. The molecule has 1 aromatic heterocycles. The van der Waals surface area contributed by atoms with Crippen molar-refractivity contribution < 1.29 is 14.0 Å². The van der Waals surface area contributed by atoms with E-state index in [4.69, 9.17) is 14.0 Å². The highest BCUT2D eigenvalue weighted by Gasteiger charge is 2.21. The van der Waals surface area contributed by atoms with Crippen molar-refractivity contribution in [1.29, 1.82) is 0 Å². The number of ether oxygens (including phenoxy) is 2. The zero-order valence-corrected chi connectivity index (χ0v) is 15.5. The van der Waals surface area contributed by atoms with Crippen molar-refractivity contribution in [1.82, 2.24) is 19.9 Å². The van der Waals surface area contributed by atoms with Gasteiger partial charge in [-0.3, -0.25) is 4.90 Å². The van der Waals surface area contributed by atoms with Crippen molar-refractivity contribution in [3.63, 3.8) is 0 Å². The van der Waals surface area contributed by atoms with Gasteiger partial charge in [-0.2, -0.15) is 4.98 Å². The van der Waals surface area contributed by atoms with E-state index in [0.29, 0.717) is 18.6 Å². The highest BCUT2D eigenvalue weighted by molar-refractivity contribution is 5.44. The largest absolute Gasteiger partial charge is 0.454 e. The fraction of sp³-hybridized carbons (Fsp3) is 0.579. The Kier molecular flexibility index (Phi) is 5.08. The van der Waals surface area contributed by atoms with Gasteiger partial charge in [0.2, 0.25) is 12.7 Å². The van der Waals surface area contributed by atoms with Crippen LogP contribution in [0.3, 0.4) is 0 Å². The van der Waals surface area contributed by atoms with Crippen LogP contribution in [0, 0.1) is 12.8 Å². The summed E-state index contributed by atoms with van der Waals surface area (Å²) in [7, 11) is 0. The lowest BCUT2D eigenvalue weighted by Gasteiger charge is -2.35. The Bertz CT molecular complexity index is 740. The number of benzene rings is 1. The van der Waals surface area contributed by atoms with E-state index in [1.54, 1.807) is 0 Å². The predicted molar refractivity (Wildman–Crippen MR) is 96.2 cm³/mol. The van der Waals surface area contributed by atoms with Crippen molar-refractivity contribution >= 4 is 0 Å². The molecule has 0 radical (unpaired) electrons. The lowest BCUT2D eigenvalue weighted by molar-refractivity contribution is 0.112. The second kappa shape index (κ2) is 7.63. The molecule has 0 saturated carbocycles. The normalized spacial score (nSPS) is 19.0. The molecule has 7 heteroatoms. The van der Waals surface area contributed by atoms with Crippen molar-refractivity contribution in [3.8, 4) is 11.5 Å². The van der Waals surface area contributed by atoms with E-state index in [9.17, 15) is 0 Å². The minimum Gasteiger partial charge on any atom is -0.454 e. The van der Waals surface area contributed by atoms with E-state index in [2.05, 4.69) is 39.0 Å². The van der Waals surface area contributed by atoms with E-state index >= 15 is 0 Å². The Morgan fingerprint density at radius 1 is 1.08 bits per heavy atom. The van der Waals surface area contributed by atoms with Gasteiger partial charge in [0.25, 0.3) is 0 Å². The molecule has 1 saturated heterocycles. The molecule has 0 amide bonds. The fourth-order valence-corrected chi connectivity index (χ4v) is 3.71. The molecule has 2 aromatic rings. The molecule has 0 spiro atoms. The maximum Gasteiger partial charge on any atom is 0.231 e. The van der Waals surface area contributed by atoms with Crippen molar-refractivity contribution in [2.75, 3.05) is 39.5 Å². The van der Waals surface area contributed by atoms with Crippen LogP contribution in [-0.2, 0) is 13.0 Å². The maximum atomic E-state index is 5.48. The second-order valence-corrected chi connectivity index (χ2v) is 7.30. The number of piperazine rings is 1. The summed E-state index contributed by atoms with van der Waals surface area (Å²) in [6.45, 7) is 10.6. The summed E-state index contributed by atoms with van der Waals surface area (Å²) in [5.41, 5.74) is 1.31. The van der Waals surface area contributed by atoms with Gasteiger partial charge in [0.05, 0.1) is 6.54 Å². The first-order valence-electron chi connectivity index (χ1n) is 9.28. The van der Waals surface area contributed by atoms with Crippen molar-refractivity contribution in [3.05, 3.63) is 35.5 Å². The number of aryl methyl sites for hydroxylation is 1. The van der Waals surface area contributed by atoms with Crippen molar-refractivity contribution in [2.45, 2.75) is 26.8 Å². The second-order valence-electron chi connectivity index (χ2n) is 7.30. The van der Waals surface area contributed by atoms with E-state index in [1.165, 1.54) is 5.56 Å². The molecule has 2 aliphatic rings. The topological polar surface area (TPSA) is 63.9 Å². The van der Waals surface area contributed by atoms with Gasteiger partial charge in [-0.25, -0.2) is 0 Å². The Morgan fingerprint density at radius 3 is 2.62 bits per heavy atom. The molecule has 1 fully saturated rings. The van der Waals surface area contributed by atoms with Gasteiger partial charge >= 0.3 is 0 Å². The molecular weight excluding hydrogens is 332 g/mol. The average Bonchev–Trinajstić information content (AvgIpc) is 3.25. The van der Waals surface area contributed by atoms with Crippen LogP contribution in [0.4, 0.5) is 0 Å². The van der Waals surface area contributed by atoms with Crippen LogP contribution in [0.1, 0.15) is 24.2 Å². The summed E-state index contributed by atoms with van der Waals surface area (Å²) in [6, 6.07) is 6.28. The summed E-state index contributed by atoms with van der Waals surface area (Å²) in [6.07, 6.45) is 1.05. The zero-order chi connectivity index (χ0) is 17.9. The number of fused-ring (bicyclic) bond motifs is 1. The molecule has 0 aliphatic carbocycles. The molecule has 3 heterocycles. The number of nitrogens with zero attached hydrogens (tertiary/aromatic N) is 4. The molecule has 26 heavy (non-hydrogen) atoms. The van der Waals surface area contributed by atoms with E-state index in [-0.39, 0.29) is 0 Å². The molecule has 4 rings (SSSR count). The van der Waals surface area contributed by atoms with Crippen LogP contribution >= 0.6 is 0 Å². The Labute approximate surface area is 153 Å².